The van der Waals surface area contributed by atoms with Crippen LogP contribution in [0.3, 0.4) is 0 Å². The van der Waals surface area contributed by atoms with Gasteiger partial charge in [-0.2, -0.15) is 15.0 Å². The zero-order valence-corrected chi connectivity index (χ0v) is 15.2. The van der Waals surface area contributed by atoms with E-state index in [1.165, 1.54) is 15.3 Å². The molecule has 1 unspecified atom stereocenters. The SMILES string of the molecule is Cc1cc(C(C)Nc2nc(C(C)C)nc(N(C)C)n2)c(C)s1. The molecule has 0 aliphatic carbocycles. The Morgan fingerprint density at radius 2 is 1.77 bits per heavy atom. The highest BCUT2D eigenvalue weighted by molar-refractivity contribution is 7.12. The summed E-state index contributed by atoms with van der Waals surface area (Å²) in [4.78, 5) is 18.1. The number of thiophene rings is 1. The van der Waals surface area contributed by atoms with Gasteiger partial charge < -0.3 is 10.2 Å². The van der Waals surface area contributed by atoms with Gasteiger partial charge in [-0.25, -0.2) is 0 Å². The van der Waals surface area contributed by atoms with Crippen LogP contribution in [0.5, 0.6) is 0 Å². The van der Waals surface area contributed by atoms with Crippen molar-refractivity contribution in [2.45, 2.75) is 46.6 Å². The summed E-state index contributed by atoms with van der Waals surface area (Å²) >= 11 is 1.82. The van der Waals surface area contributed by atoms with Gasteiger partial charge in [0, 0.05) is 29.8 Å². The molecule has 0 radical (unpaired) electrons. The molecule has 120 valence electrons. The molecule has 0 saturated heterocycles. The normalized spacial score (nSPS) is 12.5. The molecule has 0 aromatic carbocycles. The predicted molar refractivity (Wildman–Crippen MR) is 94.1 cm³/mol. The van der Waals surface area contributed by atoms with Crippen LogP contribution in [0.2, 0.25) is 0 Å². The molecule has 22 heavy (non-hydrogen) atoms. The first-order valence-corrected chi connectivity index (χ1v) is 8.36. The summed E-state index contributed by atoms with van der Waals surface area (Å²) < 4.78 is 0. The molecule has 0 fully saturated rings. The van der Waals surface area contributed by atoms with Gasteiger partial charge in [0.25, 0.3) is 0 Å². The van der Waals surface area contributed by atoms with Crippen molar-refractivity contribution in [3.63, 3.8) is 0 Å². The van der Waals surface area contributed by atoms with Crippen molar-refractivity contribution in [3.05, 3.63) is 27.2 Å². The number of nitrogens with one attached hydrogen (secondary N) is 1. The third kappa shape index (κ3) is 3.74. The fraction of sp³-hybridized carbons (Fsp3) is 0.562. The number of aryl methyl sites for hydroxylation is 2. The van der Waals surface area contributed by atoms with Gasteiger partial charge in [0.05, 0.1) is 6.04 Å². The lowest BCUT2D eigenvalue weighted by Gasteiger charge is -2.18. The Hall–Kier alpha value is -1.69. The molecule has 0 aliphatic heterocycles. The highest BCUT2D eigenvalue weighted by Crippen LogP contribution is 2.28. The number of rotatable bonds is 5. The van der Waals surface area contributed by atoms with Gasteiger partial charge in [0.15, 0.2) is 0 Å². The minimum Gasteiger partial charge on any atom is -0.348 e. The smallest absolute Gasteiger partial charge is 0.229 e. The van der Waals surface area contributed by atoms with Gasteiger partial charge in [-0.1, -0.05) is 13.8 Å². The summed E-state index contributed by atoms with van der Waals surface area (Å²) in [7, 11) is 3.89. The summed E-state index contributed by atoms with van der Waals surface area (Å²) in [5.41, 5.74) is 1.31. The van der Waals surface area contributed by atoms with E-state index in [9.17, 15) is 0 Å². The lowest BCUT2D eigenvalue weighted by atomic mass is 10.1. The van der Waals surface area contributed by atoms with Gasteiger partial charge in [-0.15, -0.1) is 11.3 Å². The van der Waals surface area contributed by atoms with E-state index in [4.69, 9.17) is 0 Å². The number of aromatic nitrogens is 3. The second-order valence-corrected chi connectivity index (χ2v) is 7.56. The predicted octanol–water partition coefficient (Wildman–Crippen LogP) is 3.91. The molecule has 2 rings (SSSR count). The van der Waals surface area contributed by atoms with E-state index in [1.807, 2.05) is 30.3 Å². The zero-order valence-electron chi connectivity index (χ0n) is 14.4. The topological polar surface area (TPSA) is 53.9 Å². The van der Waals surface area contributed by atoms with Crippen LogP contribution >= 0.6 is 11.3 Å². The molecule has 2 aromatic heterocycles. The minimum atomic E-state index is 0.169. The maximum absolute atomic E-state index is 4.56. The average molecular weight is 319 g/mol. The second-order valence-electron chi connectivity index (χ2n) is 6.10. The molecule has 2 heterocycles. The van der Waals surface area contributed by atoms with E-state index < -0.39 is 0 Å². The molecule has 0 amide bonds. The van der Waals surface area contributed by atoms with E-state index in [0.717, 1.165) is 5.82 Å². The Balaban J connectivity index is 2.30. The first-order chi connectivity index (χ1) is 10.3. The lowest BCUT2D eigenvalue weighted by molar-refractivity contribution is 0.746. The van der Waals surface area contributed by atoms with Crippen LogP contribution in [0.15, 0.2) is 6.07 Å². The number of hydrogen-bond acceptors (Lipinski definition) is 6. The van der Waals surface area contributed by atoms with Gasteiger partial charge in [-0.3, -0.25) is 0 Å². The standard InChI is InChI=1S/C16H25N5S/c1-9(2)14-18-15(20-16(19-14)21(6)7)17-11(4)13-8-10(3)22-12(13)5/h8-9,11H,1-7H3,(H,17,18,19,20). The highest BCUT2D eigenvalue weighted by atomic mass is 32.1. The summed E-state index contributed by atoms with van der Waals surface area (Å²) in [5.74, 6) is 2.40. The van der Waals surface area contributed by atoms with Crippen molar-refractivity contribution in [2.75, 3.05) is 24.3 Å². The highest BCUT2D eigenvalue weighted by Gasteiger charge is 2.15. The minimum absolute atomic E-state index is 0.169. The molecule has 0 spiro atoms. The molecule has 6 heteroatoms. The summed E-state index contributed by atoms with van der Waals surface area (Å²) in [5, 5.41) is 3.42. The van der Waals surface area contributed by atoms with E-state index in [-0.39, 0.29) is 12.0 Å². The third-order valence-electron chi connectivity index (χ3n) is 3.45. The Kier molecular flexibility index (Phi) is 5.01. The molecule has 0 aliphatic rings. The van der Waals surface area contributed by atoms with Crippen LogP contribution in [-0.2, 0) is 0 Å². The van der Waals surface area contributed by atoms with Crippen LogP contribution in [0.25, 0.3) is 0 Å². The molecule has 5 nitrogen and oxygen atoms in total. The molecule has 1 atom stereocenters. The quantitative estimate of drug-likeness (QED) is 0.905. The Morgan fingerprint density at radius 3 is 2.27 bits per heavy atom. The summed E-state index contributed by atoms with van der Waals surface area (Å²) in [6, 6.07) is 2.40. The van der Waals surface area contributed by atoms with Crippen LogP contribution < -0.4 is 10.2 Å². The first-order valence-electron chi connectivity index (χ1n) is 7.54. The molecule has 0 bridgehead atoms. The van der Waals surface area contributed by atoms with E-state index in [1.54, 1.807) is 0 Å². The molecular formula is C16H25N5S. The first kappa shape index (κ1) is 16.7. The second kappa shape index (κ2) is 6.60. The Labute approximate surface area is 136 Å². The maximum Gasteiger partial charge on any atom is 0.229 e. The molecular weight excluding hydrogens is 294 g/mol. The monoisotopic (exact) mass is 319 g/mol. The number of hydrogen-bond donors (Lipinski definition) is 1. The van der Waals surface area contributed by atoms with Gasteiger partial charge in [-0.05, 0) is 32.4 Å². The maximum atomic E-state index is 4.56. The van der Waals surface area contributed by atoms with Gasteiger partial charge in [0.2, 0.25) is 11.9 Å². The Bertz CT molecular complexity index is 622. The summed E-state index contributed by atoms with van der Waals surface area (Å²) in [6.45, 7) is 10.6. The average Bonchev–Trinajstić information content (AvgIpc) is 2.77. The number of nitrogens with zero attached hydrogens (tertiary/aromatic N) is 4. The summed E-state index contributed by atoms with van der Waals surface area (Å²) in [6.07, 6.45) is 0. The lowest BCUT2D eigenvalue weighted by Crippen LogP contribution is -2.18. The van der Waals surface area contributed by atoms with Crippen LogP contribution in [-0.4, -0.2) is 29.0 Å². The van der Waals surface area contributed by atoms with Gasteiger partial charge in [0.1, 0.15) is 5.82 Å². The van der Waals surface area contributed by atoms with Crippen LogP contribution in [0, 0.1) is 13.8 Å². The van der Waals surface area contributed by atoms with Crippen molar-refractivity contribution in [1.29, 1.82) is 0 Å². The van der Waals surface area contributed by atoms with Crippen molar-refractivity contribution in [2.24, 2.45) is 0 Å². The van der Waals surface area contributed by atoms with E-state index in [0.29, 0.717) is 11.9 Å². The zero-order chi connectivity index (χ0) is 16.4. The fourth-order valence-electron chi connectivity index (χ4n) is 2.26. The Morgan fingerprint density at radius 1 is 1.09 bits per heavy atom. The molecule has 2 aromatic rings. The third-order valence-corrected chi connectivity index (χ3v) is 4.43. The van der Waals surface area contributed by atoms with Crippen LogP contribution in [0.1, 0.15) is 53.9 Å². The van der Waals surface area contributed by atoms with E-state index in [2.05, 4.69) is 61.0 Å². The van der Waals surface area contributed by atoms with Crippen molar-refractivity contribution in [3.8, 4) is 0 Å². The number of anilines is 2. The van der Waals surface area contributed by atoms with Gasteiger partial charge >= 0.3 is 0 Å². The largest absolute Gasteiger partial charge is 0.348 e. The van der Waals surface area contributed by atoms with Crippen LogP contribution in [0.4, 0.5) is 11.9 Å². The van der Waals surface area contributed by atoms with Crippen molar-refractivity contribution < 1.29 is 0 Å². The van der Waals surface area contributed by atoms with Crippen molar-refractivity contribution >= 4 is 23.2 Å². The van der Waals surface area contributed by atoms with Crippen molar-refractivity contribution in [1.82, 2.24) is 15.0 Å². The van der Waals surface area contributed by atoms with E-state index >= 15 is 0 Å². The molecule has 0 saturated carbocycles. The molecule has 1 N–H and O–H groups in total. The fourth-order valence-corrected chi connectivity index (χ4v) is 3.28.